The maximum Gasteiger partial charge on any atom is 0.254 e. The van der Waals surface area contributed by atoms with Crippen LogP contribution in [0.3, 0.4) is 0 Å². The molecule has 20 heavy (non-hydrogen) atoms. The van der Waals surface area contributed by atoms with E-state index in [0.717, 1.165) is 12.2 Å². The van der Waals surface area contributed by atoms with Crippen LogP contribution in [-0.2, 0) is 9.09 Å². The van der Waals surface area contributed by atoms with Gasteiger partial charge in [0.05, 0.1) is 6.61 Å². The van der Waals surface area contributed by atoms with Gasteiger partial charge in [-0.1, -0.05) is 57.3 Å². The summed E-state index contributed by atoms with van der Waals surface area (Å²) in [4.78, 5) is 0. The van der Waals surface area contributed by atoms with Crippen LogP contribution in [0, 0.1) is 0 Å². The van der Waals surface area contributed by atoms with Crippen LogP contribution >= 0.6 is 29.7 Å². The summed E-state index contributed by atoms with van der Waals surface area (Å²) in [5.41, 5.74) is 0. The van der Waals surface area contributed by atoms with Gasteiger partial charge in [-0.25, -0.2) is 0 Å². The number of unbranched alkanes of at least 4 members (excludes halogenated alkanes) is 6. The first kappa shape index (κ1) is 20.9. The largest absolute Gasteiger partial charge is 0.321 e. The van der Waals surface area contributed by atoms with Crippen molar-refractivity contribution in [1.29, 1.82) is 0 Å². The van der Waals surface area contributed by atoms with Gasteiger partial charge in [-0.2, -0.15) is 11.8 Å². The molecular weight excluding hydrogens is 307 g/mol. The van der Waals surface area contributed by atoms with Crippen molar-refractivity contribution in [2.45, 2.75) is 65.2 Å². The van der Waals surface area contributed by atoms with Gasteiger partial charge < -0.3 is 4.52 Å². The fourth-order valence-corrected chi connectivity index (χ4v) is 5.56. The molecule has 5 heteroatoms. The Morgan fingerprint density at radius 3 is 2.20 bits per heavy atom. The Hall–Kier alpha value is 0.890. The van der Waals surface area contributed by atoms with Gasteiger partial charge in [-0.3, -0.25) is 4.57 Å². The maximum absolute atomic E-state index is 12.2. The van der Waals surface area contributed by atoms with Crippen molar-refractivity contribution in [3.63, 3.8) is 0 Å². The molecule has 122 valence electrons. The second-order valence-corrected chi connectivity index (χ2v) is 11.7. The highest BCUT2D eigenvalue weighted by molar-refractivity contribution is 8.56. The van der Waals surface area contributed by atoms with Crippen LogP contribution < -0.4 is 0 Å². The summed E-state index contributed by atoms with van der Waals surface area (Å²) < 4.78 is 17.7. The average molecular weight is 341 g/mol. The smallest absolute Gasteiger partial charge is 0.254 e. The SMILES string of the molecule is CCCCCCOP(C)(=O)SCCCCCCSCC. The molecule has 0 aromatic carbocycles. The summed E-state index contributed by atoms with van der Waals surface area (Å²) in [6.07, 6.45) is 9.76. The minimum atomic E-state index is -2.39. The molecule has 0 amide bonds. The Kier molecular flexibility index (Phi) is 15.5. The predicted octanol–water partition coefficient (Wildman–Crippen LogP) is 6.45. The van der Waals surface area contributed by atoms with E-state index in [1.54, 1.807) is 6.66 Å². The highest BCUT2D eigenvalue weighted by Crippen LogP contribution is 2.56. The lowest BCUT2D eigenvalue weighted by molar-refractivity contribution is 0.316. The van der Waals surface area contributed by atoms with E-state index < -0.39 is 6.57 Å². The van der Waals surface area contributed by atoms with Crippen molar-refractivity contribution >= 4 is 29.7 Å². The second-order valence-electron chi connectivity index (χ2n) is 5.11. The molecule has 0 fully saturated rings. The van der Waals surface area contributed by atoms with Crippen molar-refractivity contribution in [3.05, 3.63) is 0 Å². The Labute approximate surface area is 134 Å². The Balaban J connectivity index is 3.36. The summed E-state index contributed by atoms with van der Waals surface area (Å²) in [5, 5.41) is 0. The zero-order valence-corrected chi connectivity index (χ0v) is 16.1. The lowest BCUT2D eigenvalue weighted by atomic mass is 10.2. The highest BCUT2D eigenvalue weighted by atomic mass is 32.7. The quantitative estimate of drug-likeness (QED) is 0.253. The standard InChI is InChI=1S/C15H33O2PS2/c1-4-6-7-10-13-17-18(3,16)20-15-12-9-8-11-14-19-5-2/h4-15H2,1-3H3. The van der Waals surface area contributed by atoms with Crippen molar-refractivity contribution in [1.82, 2.24) is 0 Å². The predicted molar refractivity (Wildman–Crippen MR) is 97.5 cm³/mol. The molecule has 2 nitrogen and oxygen atoms in total. The van der Waals surface area contributed by atoms with Crippen LogP contribution in [0.25, 0.3) is 0 Å². The van der Waals surface area contributed by atoms with Crippen molar-refractivity contribution in [2.75, 3.05) is 30.5 Å². The van der Waals surface area contributed by atoms with E-state index in [-0.39, 0.29) is 0 Å². The van der Waals surface area contributed by atoms with E-state index in [4.69, 9.17) is 4.52 Å². The molecule has 0 aromatic heterocycles. The summed E-state index contributed by atoms with van der Waals surface area (Å²) >= 11 is 3.56. The lowest BCUT2D eigenvalue weighted by Gasteiger charge is -2.13. The van der Waals surface area contributed by atoms with Crippen LogP contribution in [0.15, 0.2) is 0 Å². The molecule has 0 N–H and O–H groups in total. The summed E-state index contributed by atoms with van der Waals surface area (Å²) in [6, 6.07) is 0. The normalized spacial score (nSPS) is 14.3. The van der Waals surface area contributed by atoms with E-state index in [0.29, 0.717) is 6.61 Å². The van der Waals surface area contributed by atoms with Crippen molar-refractivity contribution < 1.29 is 9.09 Å². The first-order valence-electron chi connectivity index (χ1n) is 8.06. The van der Waals surface area contributed by atoms with Gasteiger partial charge in [-0.15, -0.1) is 0 Å². The van der Waals surface area contributed by atoms with Gasteiger partial charge in [0.15, 0.2) is 0 Å². The number of rotatable bonds is 15. The second kappa shape index (κ2) is 14.8. The Bertz CT molecular complexity index is 250. The van der Waals surface area contributed by atoms with Crippen LogP contribution in [0.1, 0.15) is 65.2 Å². The molecule has 0 saturated carbocycles. The van der Waals surface area contributed by atoms with Crippen LogP contribution in [0.4, 0.5) is 0 Å². The van der Waals surface area contributed by atoms with Crippen molar-refractivity contribution in [2.24, 2.45) is 0 Å². The summed E-state index contributed by atoms with van der Waals surface area (Å²) in [5.74, 6) is 3.49. The molecule has 0 aliphatic heterocycles. The van der Waals surface area contributed by atoms with E-state index in [2.05, 4.69) is 13.8 Å². The van der Waals surface area contributed by atoms with Gasteiger partial charge in [0.1, 0.15) is 0 Å². The molecule has 0 spiro atoms. The molecule has 0 aliphatic rings. The minimum Gasteiger partial charge on any atom is -0.321 e. The number of hydrogen-bond acceptors (Lipinski definition) is 4. The highest BCUT2D eigenvalue weighted by Gasteiger charge is 2.15. The monoisotopic (exact) mass is 340 g/mol. The fourth-order valence-electron chi connectivity index (χ4n) is 1.83. The zero-order chi connectivity index (χ0) is 15.1. The van der Waals surface area contributed by atoms with Crippen LogP contribution in [-0.4, -0.2) is 30.5 Å². The molecular formula is C15H33O2PS2. The van der Waals surface area contributed by atoms with E-state index >= 15 is 0 Å². The fraction of sp³-hybridized carbons (Fsp3) is 1.00. The molecule has 0 radical (unpaired) electrons. The molecule has 0 aromatic rings. The maximum atomic E-state index is 12.2. The topological polar surface area (TPSA) is 26.3 Å². The number of hydrogen-bond donors (Lipinski definition) is 0. The summed E-state index contributed by atoms with van der Waals surface area (Å²) in [6.45, 7) is 4.45. The van der Waals surface area contributed by atoms with Gasteiger partial charge in [0, 0.05) is 12.4 Å². The van der Waals surface area contributed by atoms with Gasteiger partial charge in [0.2, 0.25) is 0 Å². The third-order valence-electron chi connectivity index (χ3n) is 3.04. The Morgan fingerprint density at radius 1 is 0.900 bits per heavy atom. The first-order valence-corrected chi connectivity index (χ1v) is 12.9. The molecule has 1 unspecified atom stereocenters. The third-order valence-corrected chi connectivity index (χ3v) is 7.89. The average Bonchev–Trinajstić information content (AvgIpc) is 2.41. The molecule has 0 aliphatic carbocycles. The molecule has 0 saturated heterocycles. The molecule has 0 heterocycles. The third kappa shape index (κ3) is 15.3. The summed E-state index contributed by atoms with van der Waals surface area (Å²) in [7, 11) is 0. The van der Waals surface area contributed by atoms with Crippen LogP contribution in [0.2, 0.25) is 0 Å². The first-order chi connectivity index (χ1) is 9.62. The lowest BCUT2D eigenvalue weighted by Crippen LogP contribution is -1.92. The van der Waals surface area contributed by atoms with Gasteiger partial charge in [-0.05, 0) is 30.8 Å². The Morgan fingerprint density at radius 2 is 1.55 bits per heavy atom. The van der Waals surface area contributed by atoms with Crippen molar-refractivity contribution in [3.8, 4) is 0 Å². The molecule has 1 atom stereocenters. The number of thioether (sulfide) groups is 1. The van der Waals surface area contributed by atoms with E-state index in [1.165, 1.54) is 67.8 Å². The zero-order valence-electron chi connectivity index (χ0n) is 13.6. The van der Waals surface area contributed by atoms with E-state index in [1.807, 2.05) is 11.8 Å². The van der Waals surface area contributed by atoms with Gasteiger partial charge >= 0.3 is 0 Å². The molecule has 0 bridgehead atoms. The van der Waals surface area contributed by atoms with E-state index in [9.17, 15) is 4.57 Å². The minimum absolute atomic E-state index is 0.662. The molecule has 0 rings (SSSR count). The van der Waals surface area contributed by atoms with Gasteiger partial charge in [0.25, 0.3) is 6.57 Å². The van der Waals surface area contributed by atoms with Crippen LogP contribution in [0.5, 0.6) is 0 Å².